The first-order valence-corrected chi connectivity index (χ1v) is 10.2. The Morgan fingerprint density at radius 1 is 0.935 bits per heavy atom. The summed E-state index contributed by atoms with van der Waals surface area (Å²) < 4.78 is 30.4. The molecular formula is C26H21F2NO2. The summed E-state index contributed by atoms with van der Waals surface area (Å²) in [5.41, 5.74) is 3.11. The van der Waals surface area contributed by atoms with Crippen LogP contribution in [0.3, 0.4) is 0 Å². The van der Waals surface area contributed by atoms with Gasteiger partial charge in [0.25, 0.3) is 5.92 Å². The normalized spacial score (nSPS) is 18.1. The first-order valence-electron chi connectivity index (χ1n) is 10.2. The number of hydrogen-bond donors (Lipinski definition) is 1. The average Bonchev–Trinajstić information content (AvgIpc) is 3.13. The van der Waals surface area contributed by atoms with Gasteiger partial charge in [0, 0.05) is 22.9 Å². The molecule has 2 heterocycles. The SMILES string of the molecule is CC1(CC(F)(F)CO)C(=O)n2c(c(-c3ccccc3)c3ccccc32)-c2ccccc21. The number of nitrogens with zero attached hydrogens (tertiary/aromatic N) is 1. The van der Waals surface area contributed by atoms with E-state index in [1.54, 1.807) is 23.6 Å². The molecule has 0 saturated carbocycles. The zero-order chi connectivity index (χ0) is 21.8. The molecule has 1 aromatic heterocycles. The van der Waals surface area contributed by atoms with E-state index in [4.69, 9.17) is 0 Å². The van der Waals surface area contributed by atoms with Gasteiger partial charge in [-0.05, 0) is 24.1 Å². The molecule has 0 spiro atoms. The Kier molecular flexibility index (Phi) is 4.34. The highest BCUT2D eigenvalue weighted by molar-refractivity contribution is 6.14. The van der Waals surface area contributed by atoms with Crippen molar-refractivity contribution < 1.29 is 18.7 Å². The monoisotopic (exact) mass is 417 g/mol. The molecule has 4 aromatic rings. The highest BCUT2D eigenvalue weighted by atomic mass is 19.3. The van der Waals surface area contributed by atoms with Crippen LogP contribution in [0, 0.1) is 0 Å². The number of carbonyl (C=O) groups excluding carboxylic acids is 1. The second kappa shape index (κ2) is 6.86. The largest absolute Gasteiger partial charge is 0.390 e. The van der Waals surface area contributed by atoms with E-state index in [-0.39, 0.29) is 0 Å². The number of rotatable bonds is 4. The number of para-hydroxylation sites is 1. The fourth-order valence-corrected chi connectivity index (χ4v) is 4.88. The Morgan fingerprint density at radius 2 is 1.58 bits per heavy atom. The van der Waals surface area contributed by atoms with E-state index >= 15 is 0 Å². The van der Waals surface area contributed by atoms with Crippen LogP contribution >= 0.6 is 0 Å². The molecule has 0 aliphatic carbocycles. The quantitative estimate of drug-likeness (QED) is 0.449. The maximum Gasteiger partial charge on any atom is 0.272 e. The summed E-state index contributed by atoms with van der Waals surface area (Å²) in [4.78, 5) is 13.9. The van der Waals surface area contributed by atoms with Crippen LogP contribution in [0.25, 0.3) is 33.3 Å². The molecule has 1 aliphatic heterocycles. The van der Waals surface area contributed by atoms with Crippen LogP contribution in [0.5, 0.6) is 0 Å². The molecule has 156 valence electrons. The van der Waals surface area contributed by atoms with Crippen molar-refractivity contribution in [2.45, 2.75) is 24.7 Å². The summed E-state index contributed by atoms with van der Waals surface area (Å²) in [6, 6.07) is 24.6. The van der Waals surface area contributed by atoms with Crippen molar-refractivity contribution in [2.24, 2.45) is 0 Å². The van der Waals surface area contributed by atoms with Crippen LogP contribution in [0.4, 0.5) is 8.78 Å². The van der Waals surface area contributed by atoms with Gasteiger partial charge in [-0.15, -0.1) is 0 Å². The summed E-state index contributed by atoms with van der Waals surface area (Å²) >= 11 is 0. The van der Waals surface area contributed by atoms with E-state index in [0.717, 1.165) is 27.8 Å². The van der Waals surface area contributed by atoms with Gasteiger partial charge in [0.1, 0.15) is 6.61 Å². The van der Waals surface area contributed by atoms with Crippen molar-refractivity contribution in [3.63, 3.8) is 0 Å². The fraction of sp³-hybridized carbons (Fsp3) is 0.192. The maximum absolute atomic E-state index is 14.4. The molecule has 5 rings (SSSR count). The van der Waals surface area contributed by atoms with Crippen LogP contribution in [0.1, 0.15) is 23.7 Å². The highest BCUT2D eigenvalue weighted by Crippen LogP contribution is 2.51. The second-order valence-electron chi connectivity index (χ2n) is 8.32. The molecule has 1 N–H and O–H groups in total. The van der Waals surface area contributed by atoms with E-state index in [1.165, 1.54) is 0 Å². The third-order valence-corrected chi connectivity index (χ3v) is 6.23. The molecule has 1 atom stereocenters. The lowest BCUT2D eigenvalue weighted by atomic mass is 9.72. The van der Waals surface area contributed by atoms with E-state index in [2.05, 4.69) is 0 Å². The number of aliphatic hydroxyl groups is 1. The van der Waals surface area contributed by atoms with E-state index in [1.807, 2.05) is 66.7 Å². The number of hydrogen-bond acceptors (Lipinski definition) is 2. The van der Waals surface area contributed by atoms with E-state index in [9.17, 15) is 18.7 Å². The van der Waals surface area contributed by atoms with Crippen molar-refractivity contribution in [1.29, 1.82) is 0 Å². The Morgan fingerprint density at radius 3 is 2.32 bits per heavy atom. The number of halogens is 2. The van der Waals surface area contributed by atoms with Crippen LogP contribution < -0.4 is 0 Å². The number of alkyl halides is 2. The second-order valence-corrected chi connectivity index (χ2v) is 8.32. The number of benzene rings is 3. The van der Waals surface area contributed by atoms with Crippen LogP contribution in [-0.2, 0) is 5.41 Å². The minimum Gasteiger partial charge on any atom is -0.390 e. The van der Waals surface area contributed by atoms with Crippen LogP contribution in [-0.4, -0.2) is 28.1 Å². The minimum absolute atomic E-state index is 0.410. The van der Waals surface area contributed by atoms with Gasteiger partial charge in [-0.2, -0.15) is 0 Å². The molecule has 0 amide bonds. The average molecular weight is 417 g/mol. The van der Waals surface area contributed by atoms with Crippen molar-refractivity contribution in [2.75, 3.05) is 6.61 Å². The fourth-order valence-electron chi connectivity index (χ4n) is 4.88. The molecule has 0 fully saturated rings. The van der Waals surface area contributed by atoms with Crippen molar-refractivity contribution in [3.05, 3.63) is 84.4 Å². The molecule has 1 aliphatic rings. The third-order valence-electron chi connectivity index (χ3n) is 6.23. The number of aromatic nitrogens is 1. The third kappa shape index (κ3) is 2.84. The Bertz CT molecular complexity index is 1310. The predicted molar refractivity (Wildman–Crippen MR) is 117 cm³/mol. The lowest BCUT2D eigenvalue weighted by molar-refractivity contribution is -0.0685. The standard InChI is InChI=1S/C26H21F2NO2/c1-25(15-26(27,28)16-30)20-13-7-5-11-18(20)23-22(17-9-3-2-4-10-17)19-12-6-8-14-21(19)29(23)24(25)31/h2-14,30H,15-16H2,1H3. The molecule has 31 heavy (non-hydrogen) atoms. The van der Waals surface area contributed by atoms with Crippen LogP contribution in [0.15, 0.2) is 78.9 Å². The maximum atomic E-state index is 14.4. The predicted octanol–water partition coefficient (Wildman–Crippen LogP) is 5.90. The van der Waals surface area contributed by atoms with Gasteiger partial charge in [-0.25, -0.2) is 8.78 Å². The molecule has 3 nitrogen and oxygen atoms in total. The minimum atomic E-state index is -3.37. The topological polar surface area (TPSA) is 42.2 Å². The Balaban J connectivity index is 1.89. The van der Waals surface area contributed by atoms with Crippen LogP contribution in [0.2, 0.25) is 0 Å². The summed E-state index contributed by atoms with van der Waals surface area (Å²) in [7, 11) is 0. The van der Waals surface area contributed by atoms with E-state index in [0.29, 0.717) is 11.1 Å². The highest BCUT2D eigenvalue weighted by Gasteiger charge is 2.50. The van der Waals surface area contributed by atoms with Crippen molar-refractivity contribution in [1.82, 2.24) is 4.57 Å². The first-order chi connectivity index (χ1) is 14.9. The number of aliphatic hydroxyl groups excluding tert-OH is 1. The Hall–Kier alpha value is -3.31. The molecule has 1 unspecified atom stereocenters. The molecule has 0 bridgehead atoms. The summed E-state index contributed by atoms with van der Waals surface area (Å²) in [5, 5.41) is 10.1. The summed E-state index contributed by atoms with van der Waals surface area (Å²) in [5.74, 6) is -3.78. The molecule has 3 aromatic carbocycles. The smallest absolute Gasteiger partial charge is 0.272 e. The van der Waals surface area contributed by atoms with Gasteiger partial charge in [-0.1, -0.05) is 72.8 Å². The number of carbonyl (C=O) groups is 1. The van der Waals surface area contributed by atoms with Gasteiger partial charge in [0.15, 0.2) is 0 Å². The summed E-state index contributed by atoms with van der Waals surface area (Å²) in [6.07, 6.45) is -0.765. The van der Waals surface area contributed by atoms with Gasteiger partial charge < -0.3 is 5.11 Å². The molecule has 5 heteroatoms. The number of fused-ring (bicyclic) bond motifs is 5. The molecule has 0 radical (unpaired) electrons. The van der Waals surface area contributed by atoms with Gasteiger partial charge in [0.05, 0.1) is 16.6 Å². The molecule has 0 saturated heterocycles. The first kappa shape index (κ1) is 19.6. The van der Waals surface area contributed by atoms with Crippen molar-refractivity contribution in [3.8, 4) is 22.4 Å². The van der Waals surface area contributed by atoms with Crippen molar-refractivity contribution >= 4 is 16.8 Å². The van der Waals surface area contributed by atoms with Gasteiger partial charge in [0.2, 0.25) is 5.91 Å². The zero-order valence-electron chi connectivity index (χ0n) is 17.0. The molecular weight excluding hydrogens is 396 g/mol. The van der Waals surface area contributed by atoms with E-state index < -0.39 is 30.3 Å². The lowest BCUT2D eigenvalue weighted by Gasteiger charge is -2.37. The zero-order valence-corrected chi connectivity index (χ0v) is 17.0. The van der Waals surface area contributed by atoms with Gasteiger partial charge in [-0.3, -0.25) is 9.36 Å². The van der Waals surface area contributed by atoms with Gasteiger partial charge >= 0.3 is 0 Å². The summed E-state index contributed by atoms with van der Waals surface area (Å²) in [6.45, 7) is 0.254. The Labute approximate surface area is 178 Å². The lowest BCUT2D eigenvalue weighted by Crippen LogP contribution is -2.45.